The fraction of sp³-hybridized carbons (Fsp3) is 0.571. The molecule has 20 heavy (non-hydrogen) atoms. The summed E-state index contributed by atoms with van der Waals surface area (Å²) in [4.78, 5) is 2.17. The molecule has 1 N–H and O–H groups in total. The van der Waals surface area contributed by atoms with Gasteiger partial charge in [0, 0.05) is 24.2 Å². The van der Waals surface area contributed by atoms with Gasteiger partial charge in [-0.1, -0.05) is 23.7 Å². The minimum atomic E-state index is -4.14. The van der Waals surface area contributed by atoms with Crippen LogP contribution in [0.15, 0.2) is 24.3 Å². The number of hydrogen-bond acceptors (Lipinski definition) is 2. The molecule has 0 spiro atoms. The van der Waals surface area contributed by atoms with Gasteiger partial charge in [-0.3, -0.25) is 4.90 Å². The third-order valence-electron chi connectivity index (χ3n) is 3.39. The molecule has 0 radical (unpaired) electrons. The molecule has 112 valence electrons. The van der Waals surface area contributed by atoms with Crippen molar-refractivity contribution < 1.29 is 13.2 Å². The molecule has 1 aliphatic heterocycles. The molecule has 1 fully saturated rings. The number of hydrogen-bond donors (Lipinski definition) is 1. The van der Waals surface area contributed by atoms with Crippen LogP contribution in [0.25, 0.3) is 0 Å². The smallest absolute Gasteiger partial charge is 0.305 e. The molecular formula is C14H18ClF3N2. The summed E-state index contributed by atoms with van der Waals surface area (Å²) in [6.45, 7) is 1.37. The summed E-state index contributed by atoms with van der Waals surface area (Å²) in [5, 5.41) is 3.28. The second-order valence-electron chi connectivity index (χ2n) is 5.20. The highest BCUT2D eigenvalue weighted by molar-refractivity contribution is 6.30. The molecule has 1 atom stereocenters. The number of piperidine rings is 1. The summed E-state index contributed by atoms with van der Waals surface area (Å²) < 4.78 is 36.6. The first-order valence-corrected chi connectivity index (χ1v) is 7.07. The maximum atomic E-state index is 12.2. The Kier molecular flexibility index (Phi) is 5.29. The van der Waals surface area contributed by atoms with E-state index >= 15 is 0 Å². The van der Waals surface area contributed by atoms with E-state index in [2.05, 4.69) is 10.2 Å². The van der Waals surface area contributed by atoms with Crippen molar-refractivity contribution >= 4 is 11.6 Å². The summed E-state index contributed by atoms with van der Waals surface area (Å²) >= 11 is 5.94. The minimum Gasteiger partial charge on any atom is -0.305 e. The van der Waals surface area contributed by atoms with Crippen LogP contribution in [-0.2, 0) is 6.54 Å². The van der Waals surface area contributed by atoms with Crippen LogP contribution in [0.4, 0.5) is 13.2 Å². The van der Waals surface area contributed by atoms with Gasteiger partial charge in [0.15, 0.2) is 0 Å². The maximum absolute atomic E-state index is 12.2. The Morgan fingerprint density at radius 1 is 1.35 bits per heavy atom. The van der Waals surface area contributed by atoms with Gasteiger partial charge in [0.25, 0.3) is 0 Å². The zero-order valence-corrected chi connectivity index (χ0v) is 11.8. The van der Waals surface area contributed by atoms with Crippen molar-refractivity contribution in [1.82, 2.24) is 10.2 Å². The number of nitrogens with one attached hydrogen (secondary N) is 1. The summed E-state index contributed by atoms with van der Waals surface area (Å²) in [5.74, 6) is 0. The molecule has 1 aliphatic rings. The summed E-state index contributed by atoms with van der Waals surface area (Å²) in [6, 6.07) is 7.49. The van der Waals surface area contributed by atoms with Gasteiger partial charge in [0.2, 0.25) is 0 Å². The van der Waals surface area contributed by atoms with Crippen LogP contribution in [0, 0.1) is 0 Å². The van der Waals surface area contributed by atoms with Crippen LogP contribution in [0.5, 0.6) is 0 Å². The van der Waals surface area contributed by atoms with E-state index in [1.165, 1.54) is 0 Å². The first-order chi connectivity index (χ1) is 9.42. The van der Waals surface area contributed by atoms with Crippen molar-refractivity contribution in [2.24, 2.45) is 0 Å². The lowest BCUT2D eigenvalue weighted by Crippen LogP contribution is -2.47. The average Bonchev–Trinajstić information content (AvgIpc) is 2.36. The van der Waals surface area contributed by atoms with Crippen molar-refractivity contribution in [2.45, 2.75) is 31.6 Å². The fourth-order valence-electron chi connectivity index (χ4n) is 2.52. The standard InChI is InChI=1S/C14H18ClF3N2/c15-12-4-1-3-11(7-12)8-20-6-2-5-13(9-20)19-10-14(16,17)18/h1,3-4,7,13,19H,2,5-6,8-10H2. The fourth-order valence-corrected chi connectivity index (χ4v) is 2.73. The number of alkyl halides is 3. The van der Waals surface area contributed by atoms with Gasteiger partial charge in [-0.15, -0.1) is 0 Å². The molecule has 1 unspecified atom stereocenters. The highest BCUT2D eigenvalue weighted by Gasteiger charge is 2.29. The second kappa shape index (κ2) is 6.78. The van der Waals surface area contributed by atoms with E-state index in [4.69, 9.17) is 11.6 Å². The number of benzene rings is 1. The maximum Gasteiger partial charge on any atom is 0.401 e. The normalized spacial score (nSPS) is 21.1. The second-order valence-corrected chi connectivity index (χ2v) is 5.64. The van der Waals surface area contributed by atoms with Crippen molar-refractivity contribution in [3.8, 4) is 0 Å². The number of rotatable bonds is 4. The lowest BCUT2D eigenvalue weighted by atomic mass is 10.0. The molecule has 0 aliphatic carbocycles. The van der Waals surface area contributed by atoms with Crippen LogP contribution >= 0.6 is 11.6 Å². The topological polar surface area (TPSA) is 15.3 Å². The first-order valence-electron chi connectivity index (χ1n) is 6.69. The van der Waals surface area contributed by atoms with Gasteiger partial charge in [-0.2, -0.15) is 13.2 Å². The molecule has 2 nitrogen and oxygen atoms in total. The molecule has 0 amide bonds. The van der Waals surface area contributed by atoms with E-state index in [-0.39, 0.29) is 6.04 Å². The summed E-state index contributed by atoms with van der Waals surface area (Å²) in [5.41, 5.74) is 1.09. The zero-order chi connectivity index (χ0) is 14.6. The molecule has 0 saturated carbocycles. The van der Waals surface area contributed by atoms with E-state index in [1.807, 2.05) is 24.3 Å². The van der Waals surface area contributed by atoms with Gasteiger partial charge in [0.1, 0.15) is 0 Å². The Morgan fingerprint density at radius 3 is 2.85 bits per heavy atom. The molecule has 1 aromatic rings. The van der Waals surface area contributed by atoms with Gasteiger partial charge < -0.3 is 5.32 Å². The average molecular weight is 307 g/mol. The highest BCUT2D eigenvalue weighted by atomic mass is 35.5. The molecule has 2 rings (SSSR count). The Labute approximate surface area is 121 Å². The van der Waals surface area contributed by atoms with Crippen LogP contribution in [0.2, 0.25) is 5.02 Å². The van der Waals surface area contributed by atoms with Crippen LogP contribution in [0.3, 0.4) is 0 Å². The number of nitrogens with zero attached hydrogens (tertiary/aromatic N) is 1. The quantitative estimate of drug-likeness (QED) is 0.916. The molecule has 1 aromatic carbocycles. The van der Waals surface area contributed by atoms with Crippen molar-refractivity contribution in [3.63, 3.8) is 0 Å². The van der Waals surface area contributed by atoms with Gasteiger partial charge >= 0.3 is 6.18 Å². The Balaban J connectivity index is 1.84. The zero-order valence-electron chi connectivity index (χ0n) is 11.1. The molecule has 0 bridgehead atoms. The first kappa shape index (κ1) is 15.6. The molecule has 0 aromatic heterocycles. The highest BCUT2D eigenvalue weighted by Crippen LogP contribution is 2.18. The molecule has 6 heteroatoms. The Bertz CT molecular complexity index is 437. The Morgan fingerprint density at radius 2 is 2.15 bits per heavy atom. The SMILES string of the molecule is FC(F)(F)CNC1CCCN(Cc2cccc(Cl)c2)C1. The molecular weight excluding hydrogens is 289 g/mol. The third-order valence-corrected chi connectivity index (χ3v) is 3.63. The van der Waals surface area contributed by atoms with E-state index in [1.54, 1.807) is 0 Å². The molecule has 1 heterocycles. The van der Waals surface area contributed by atoms with Crippen LogP contribution in [0.1, 0.15) is 18.4 Å². The third kappa shape index (κ3) is 5.31. The van der Waals surface area contributed by atoms with Crippen molar-refractivity contribution in [3.05, 3.63) is 34.9 Å². The molecule has 1 saturated heterocycles. The lowest BCUT2D eigenvalue weighted by molar-refractivity contribution is -0.127. The van der Waals surface area contributed by atoms with E-state index in [0.717, 1.165) is 31.5 Å². The Hall–Kier alpha value is -0.780. The van der Waals surface area contributed by atoms with E-state index in [0.29, 0.717) is 11.6 Å². The van der Waals surface area contributed by atoms with Crippen molar-refractivity contribution in [2.75, 3.05) is 19.6 Å². The lowest BCUT2D eigenvalue weighted by Gasteiger charge is -2.33. The monoisotopic (exact) mass is 306 g/mol. The van der Waals surface area contributed by atoms with Crippen LogP contribution < -0.4 is 5.32 Å². The van der Waals surface area contributed by atoms with E-state index < -0.39 is 12.7 Å². The van der Waals surface area contributed by atoms with Gasteiger partial charge in [-0.05, 0) is 37.1 Å². The summed E-state index contributed by atoms with van der Waals surface area (Å²) in [6.07, 6.45) is -2.44. The predicted octanol–water partition coefficient (Wildman–Crippen LogP) is 3.46. The van der Waals surface area contributed by atoms with Gasteiger partial charge in [0.05, 0.1) is 6.54 Å². The summed E-state index contributed by atoms with van der Waals surface area (Å²) in [7, 11) is 0. The predicted molar refractivity (Wildman–Crippen MR) is 73.8 cm³/mol. The largest absolute Gasteiger partial charge is 0.401 e. The minimum absolute atomic E-state index is 0.0930. The van der Waals surface area contributed by atoms with Gasteiger partial charge in [-0.25, -0.2) is 0 Å². The van der Waals surface area contributed by atoms with Crippen molar-refractivity contribution in [1.29, 1.82) is 0 Å². The van der Waals surface area contributed by atoms with Crippen LogP contribution in [-0.4, -0.2) is 36.8 Å². The number of likely N-dealkylation sites (tertiary alicyclic amines) is 1. The van der Waals surface area contributed by atoms with E-state index in [9.17, 15) is 13.2 Å². The number of halogens is 4.